The summed E-state index contributed by atoms with van der Waals surface area (Å²) in [5.74, 6) is -1.04. The van der Waals surface area contributed by atoms with Gasteiger partial charge in [0.15, 0.2) is 0 Å². The van der Waals surface area contributed by atoms with Crippen LogP contribution in [0, 0.1) is 6.92 Å². The van der Waals surface area contributed by atoms with Crippen LogP contribution in [0.3, 0.4) is 0 Å². The van der Waals surface area contributed by atoms with Gasteiger partial charge in [0.2, 0.25) is 21.8 Å². The molecular formula is C27H28Cl3N3O4S. The van der Waals surface area contributed by atoms with Crippen LogP contribution in [-0.2, 0) is 32.6 Å². The molecule has 3 aromatic rings. The summed E-state index contributed by atoms with van der Waals surface area (Å²) in [7, 11) is -2.44. The first-order valence-corrected chi connectivity index (χ1v) is 14.6. The molecule has 0 aliphatic rings. The highest BCUT2D eigenvalue weighted by Gasteiger charge is 2.33. The van der Waals surface area contributed by atoms with Crippen molar-refractivity contribution >= 4 is 62.3 Å². The van der Waals surface area contributed by atoms with Crippen LogP contribution in [0.1, 0.15) is 16.7 Å². The Morgan fingerprint density at radius 2 is 1.58 bits per heavy atom. The monoisotopic (exact) mass is 595 g/mol. The molecule has 0 aliphatic carbocycles. The minimum absolute atomic E-state index is 0.117. The first-order valence-electron chi connectivity index (χ1n) is 11.6. The fraction of sp³-hybridized carbons (Fsp3) is 0.259. The third kappa shape index (κ3) is 7.41. The average Bonchev–Trinajstić information content (AvgIpc) is 2.87. The zero-order valence-electron chi connectivity index (χ0n) is 21.1. The zero-order chi connectivity index (χ0) is 28.0. The van der Waals surface area contributed by atoms with E-state index < -0.39 is 34.4 Å². The number of benzene rings is 3. The molecule has 0 heterocycles. The molecule has 3 aromatic carbocycles. The number of anilines is 1. The molecule has 0 aromatic heterocycles. The highest BCUT2D eigenvalue weighted by atomic mass is 35.5. The minimum atomic E-state index is -3.91. The van der Waals surface area contributed by atoms with E-state index in [0.29, 0.717) is 26.2 Å². The maximum atomic E-state index is 14.0. The lowest BCUT2D eigenvalue weighted by Gasteiger charge is -2.34. The van der Waals surface area contributed by atoms with E-state index in [1.54, 1.807) is 37.3 Å². The van der Waals surface area contributed by atoms with E-state index in [9.17, 15) is 18.0 Å². The van der Waals surface area contributed by atoms with Crippen LogP contribution in [0.5, 0.6) is 0 Å². The van der Waals surface area contributed by atoms with Gasteiger partial charge in [-0.05, 0) is 42.3 Å². The van der Waals surface area contributed by atoms with E-state index in [0.717, 1.165) is 16.1 Å². The number of aryl methyl sites for hydroxylation is 1. The highest BCUT2D eigenvalue weighted by Crippen LogP contribution is 2.29. The Morgan fingerprint density at radius 1 is 0.947 bits per heavy atom. The second-order valence-electron chi connectivity index (χ2n) is 8.74. The van der Waals surface area contributed by atoms with Gasteiger partial charge in [-0.25, -0.2) is 8.42 Å². The molecule has 0 aliphatic heterocycles. The van der Waals surface area contributed by atoms with Gasteiger partial charge in [-0.15, -0.1) is 0 Å². The molecular weight excluding hydrogens is 569 g/mol. The summed E-state index contributed by atoms with van der Waals surface area (Å²) in [6, 6.07) is 18.0. The lowest BCUT2D eigenvalue weighted by molar-refractivity contribution is -0.139. The van der Waals surface area contributed by atoms with Gasteiger partial charge in [-0.3, -0.25) is 13.9 Å². The first-order chi connectivity index (χ1) is 17.9. The number of halogens is 3. The number of rotatable bonds is 10. The third-order valence-electron chi connectivity index (χ3n) is 6.03. The summed E-state index contributed by atoms with van der Waals surface area (Å²) in [6.07, 6.45) is 1.19. The molecule has 1 atom stereocenters. The number of hydrogen-bond donors (Lipinski definition) is 1. The molecule has 0 bridgehead atoms. The number of hydrogen-bond acceptors (Lipinski definition) is 4. The van der Waals surface area contributed by atoms with E-state index in [2.05, 4.69) is 5.32 Å². The molecule has 0 radical (unpaired) electrons. The van der Waals surface area contributed by atoms with Crippen molar-refractivity contribution in [3.63, 3.8) is 0 Å². The topological polar surface area (TPSA) is 86.8 Å². The quantitative estimate of drug-likeness (QED) is 0.353. The second-order valence-corrected chi connectivity index (χ2v) is 11.9. The summed E-state index contributed by atoms with van der Waals surface area (Å²) in [5, 5.41) is 3.57. The maximum absolute atomic E-state index is 14.0. The van der Waals surface area contributed by atoms with Gasteiger partial charge in [-0.1, -0.05) is 77.3 Å². The predicted octanol–water partition coefficient (Wildman–Crippen LogP) is 5.11. The molecule has 0 saturated carbocycles. The molecule has 1 N–H and O–H groups in total. The lowest BCUT2D eigenvalue weighted by Crippen LogP contribution is -2.53. The normalized spacial score (nSPS) is 12.1. The number of carbonyl (C=O) groups is 2. The fourth-order valence-corrected chi connectivity index (χ4v) is 5.60. The molecule has 0 unspecified atom stereocenters. The van der Waals surface area contributed by atoms with Gasteiger partial charge < -0.3 is 10.2 Å². The van der Waals surface area contributed by atoms with Gasteiger partial charge in [0, 0.05) is 40.6 Å². The second kappa shape index (κ2) is 12.8. The van der Waals surface area contributed by atoms with Crippen molar-refractivity contribution in [2.75, 3.05) is 24.2 Å². The molecule has 2 amide bonds. The zero-order valence-corrected chi connectivity index (χ0v) is 24.2. The standard InChI is InChI=1S/C27H28Cl3N3O4S/c1-18-12-13-20(28)15-24(18)33(38(3,36)37)17-26(34)32(16-21-22(29)10-7-11-23(21)30)25(27(35)31-2)14-19-8-5-4-6-9-19/h4-13,15,25H,14,16-17H2,1-3H3,(H,31,35)/t25-/m0/s1. The lowest BCUT2D eigenvalue weighted by atomic mass is 10.0. The van der Waals surface area contributed by atoms with Crippen LogP contribution in [-0.4, -0.2) is 51.0 Å². The van der Waals surface area contributed by atoms with Crippen molar-refractivity contribution in [1.82, 2.24) is 10.2 Å². The number of sulfonamides is 1. The summed E-state index contributed by atoms with van der Waals surface area (Å²) in [5.41, 5.74) is 2.13. The number of amides is 2. The van der Waals surface area contributed by atoms with Crippen molar-refractivity contribution < 1.29 is 18.0 Å². The van der Waals surface area contributed by atoms with E-state index in [-0.39, 0.29) is 18.7 Å². The highest BCUT2D eigenvalue weighted by molar-refractivity contribution is 7.92. The molecule has 202 valence electrons. The van der Waals surface area contributed by atoms with Gasteiger partial charge in [0.1, 0.15) is 12.6 Å². The number of carbonyl (C=O) groups excluding carboxylic acids is 2. The first kappa shape index (κ1) is 29.8. The molecule has 11 heteroatoms. The molecule has 38 heavy (non-hydrogen) atoms. The van der Waals surface area contributed by atoms with Crippen molar-refractivity contribution in [2.45, 2.75) is 25.9 Å². The van der Waals surface area contributed by atoms with Gasteiger partial charge in [0.25, 0.3) is 0 Å². The van der Waals surface area contributed by atoms with Crippen LogP contribution < -0.4 is 9.62 Å². The predicted molar refractivity (Wildman–Crippen MR) is 153 cm³/mol. The number of likely N-dealkylation sites (N-methyl/N-ethyl adjacent to an activating group) is 1. The van der Waals surface area contributed by atoms with E-state index in [4.69, 9.17) is 34.8 Å². The Morgan fingerprint density at radius 3 is 2.16 bits per heavy atom. The Hall–Kier alpha value is -2.78. The average molecular weight is 597 g/mol. The Labute approximate surface area is 238 Å². The van der Waals surface area contributed by atoms with E-state index in [1.165, 1.54) is 18.0 Å². The van der Waals surface area contributed by atoms with Gasteiger partial charge >= 0.3 is 0 Å². The summed E-state index contributed by atoms with van der Waals surface area (Å²) < 4.78 is 26.7. The number of nitrogens with zero attached hydrogens (tertiary/aromatic N) is 2. The minimum Gasteiger partial charge on any atom is -0.357 e. The van der Waals surface area contributed by atoms with E-state index in [1.807, 2.05) is 30.3 Å². The Kier molecular flexibility index (Phi) is 10.1. The molecule has 0 spiro atoms. The van der Waals surface area contributed by atoms with Crippen LogP contribution in [0.25, 0.3) is 0 Å². The van der Waals surface area contributed by atoms with Crippen molar-refractivity contribution in [1.29, 1.82) is 0 Å². The van der Waals surface area contributed by atoms with Crippen molar-refractivity contribution in [3.05, 3.63) is 98.5 Å². The van der Waals surface area contributed by atoms with Crippen molar-refractivity contribution in [2.24, 2.45) is 0 Å². The van der Waals surface area contributed by atoms with Crippen LogP contribution in [0.2, 0.25) is 15.1 Å². The Balaban J connectivity index is 2.10. The summed E-state index contributed by atoms with van der Waals surface area (Å²) in [4.78, 5) is 28.4. The SMILES string of the molecule is CNC(=O)[C@H](Cc1ccccc1)N(Cc1c(Cl)cccc1Cl)C(=O)CN(c1cc(Cl)ccc1C)S(C)(=O)=O. The Bertz CT molecular complexity index is 1400. The van der Waals surface area contributed by atoms with E-state index >= 15 is 0 Å². The third-order valence-corrected chi connectivity index (χ3v) is 8.10. The summed E-state index contributed by atoms with van der Waals surface area (Å²) in [6.45, 7) is 1.04. The van der Waals surface area contributed by atoms with Gasteiger partial charge in [0.05, 0.1) is 11.9 Å². The number of nitrogens with one attached hydrogen (secondary N) is 1. The molecule has 0 fully saturated rings. The van der Waals surface area contributed by atoms with Crippen LogP contribution >= 0.6 is 34.8 Å². The smallest absolute Gasteiger partial charge is 0.244 e. The molecule has 3 rings (SSSR count). The largest absolute Gasteiger partial charge is 0.357 e. The van der Waals surface area contributed by atoms with Gasteiger partial charge in [-0.2, -0.15) is 0 Å². The van der Waals surface area contributed by atoms with Crippen molar-refractivity contribution in [3.8, 4) is 0 Å². The summed E-state index contributed by atoms with van der Waals surface area (Å²) >= 11 is 19.0. The van der Waals surface area contributed by atoms with Crippen LogP contribution in [0.15, 0.2) is 66.7 Å². The molecule has 0 saturated heterocycles. The molecule has 7 nitrogen and oxygen atoms in total. The fourth-order valence-electron chi connectivity index (χ4n) is 4.02. The van der Waals surface area contributed by atoms with Crippen LogP contribution in [0.4, 0.5) is 5.69 Å². The maximum Gasteiger partial charge on any atom is 0.244 e.